The molecule has 3 rings (SSSR count). The van der Waals surface area contributed by atoms with Gasteiger partial charge in [-0.3, -0.25) is 4.79 Å². The van der Waals surface area contributed by atoms with Crippen LogP contribution in [0.2, 0.25) is 0 Å². The second kappa shape index (κ2) is 6.05. The van der Waals surface area contributed by atoms with E-state index >= 15 is 0 Å². The Kier molecular flexibility index (Phi) is 4.10. The fraction of sp³-hybridized carbons (Fsp3) is 0.267. The summed E-state index contributed by atoms with van der Waals surface area (Å²) in [5, 5.41) is 7.77. The number of hydrogen-bond acceptors (Lipinski definition) is 5. The lowest BCUT2D eigenvalue weighted by Gasteiger charge is -2.06. The average Bonchev–Trinajstić information content (AvgIpc) is 3.37. The maximum atomic E-state index is 12.0. The van der Waals surface area contributed by atoms with Gasteiger partial charge in [0.1, 0.15) is 5.82 Å². The maximum absolute atomic E-state index is 12.0. The van der Waals surface area contributed by atoms with Crippen LogP contribution in [0, 0.1) is 0 Å². The third-order valence-electron chi connectivity index (χ3n) is 3.58. The molecule has 120 valence electrons. The van der Waals surface area contributed by atoms with E-state index in [1.165, 1.54) is 24.5 Å². The fourth-order valence-corrected chi connectivity index (χ4v) is 2.60. The van der Waals surface area contributed by atoms with E-state index in [0.29, 0.717) is 11.5 Å². The van der Waals surface area contributed by atoms with Gasteiger partial charge < -0.3 is 5.32 Å². The number of nitrogens with zero attached hydrogens (tertiary/aromatic N) is 2. The molecule has 1 aromatic heterocycles. The van der Waals surface area contributed by atoms with Gasteiger partial charge in [-0.25, -0.2) is 23.5 Å². The summed E-state index contributed by atoms with van der Waals surface area (Å²) in [6.45, 7) is 0.272. The molecule has 0 spiro atoms. The van der Waals surface area contributed by atoms with E-state index < -0.39 is 10.0 Å². The number of aromatic nitrogens is 2. The molecule has 1 heterocycles. The molecule has 23 heavy (non-hydrogen) atoms. The van der Waals surface area contributed by atoms with Crippen LogP contribution in [0.25, 0.3) is 0 Å². The number of carbonyl (C=O) groups is 1. The summed E-state index contributed by atoms with van der Waals surface area (Å²) < 4.78 is 22.3. The predicted molar refractivity (Wildman–Crippen MR) is 83.0 cm³/mol. The van der Waals surface area contributed by atoms with Crippen LogP contribution in [-0.2, 0) is 16.6 Å². The van der Waals surface area contributed by atoms with Crippen LogP contribution in [0.1, 0.15) is 40.5 Å². The van der Waals surface area contributed by atoms with Crippen LogP contribution in [0.4, 0.5) is 0 Å². The molecule has 0 radical (unpaired) electrons. The molecule has 0 bridgehead atoms. The van der Waals surface area contributed by atoms with Gasteiger partial charge in [0, 0.05) is 24.9 Å². The van der Waals surface area contributed by atoms with Crippen LogP contribution in [0.15, 0.2) is 41.6 Å². The van der Waals surface area contributed by atoms with E-state index in [9.17, 15) is 13.2 Å². The zero-order valence-corrected chi connectivity index (χ0v) is 13.1. The summed E-state index contributed by atoms with van der Waals surface area (Å²) in [5.41, 5.74) is 1.16. The first kappa shape index (κ1) is 15.6. The second-order valence-corrected chi connectivity index (χ2v) is 7.04. The number of amides is 1. The lowest BCUT2D eigenvalue weighted by Crippen LogP contribution is -2.23. The maximum Gasteiger partial charge on any atom is 0.254 e. The molecule has 1 amide bonds. The molecule has 1 fully saturated rings. The Bertz CT molecular complexity index is 813. The first-order valence-electron chi connectivity index (χ1n) is 7.15. The van der Waals surface area contributed by atoms with Crippen molar-refractivity contribution in [3.8, 4) is 0 Å². The SMILES string of the molecule is NS(=O)(=O)c1ccc(CNC(=O)c2cnc(C3CC3)nc2)cc1. The Hall–Kier alpha value is -2.32. The van der Waals surface area contributed by atoms with Crippen LogP contribution < -0.4 is 10.5 Å². The Morgan fingerprint density at radius 1 is 1.17 bits per heavy atom. The Morgan fingerprint density at radius 2 is 1.78 bits per heavy atom. The van der Waals surface area contributed by atoms with Gasteiger partial charge in [-0.1, -0.05) is 12.1 Å². The highest BCUT2D eigenvalue weighted by Gasteiger charge is 2.26. The summed E-state index contributed by atoms with van der Waals surface area (Å²) in [5.74, 6) is 0.965. The lowest BCUT2D eigenvalue weighted by molar-refractivity contribution is 0.0950. The number of hydrogen-bond donors (Lipinski definition) is 2. The van der Waals surface area contributed by atoms with Crippen molar-refractivity contribution >= 4 is 15.9 Å². The summed E-state index contributed by atoms with van der Waals surface area (Å²) in [6, 6.07) is 6.02. The first-order valence-corrected chi connectivity index (χ1v) is 8.70. The smallest absolute Gasteiger partial charge is 0.254 e. The Morgan fingerprint density at radius 3 is 2.30 bits per heavy atom. The van der Waals surface area contributed by atoms with Crippen molar-refractivity contribution in [2.24, 2.45) is 5.14 Å². The summed E-state index contributed by atoms with van der Waals surface area (Å²) in [6.07, 6.45) is 5.28. The largest absolute Gasteiger partial charge is 0.348 e. The van der Waals surface area contributed by atoms with Gasteiger partial charge in [0.15, 0.2) is 0 Å². The molecule has 3 N–H and O–H groups in total. The Labute approximate surface area is 134 Å². The standard InChI is InChI=1S/C15H16N4O3S/c16-23(21,22)13-5-1-10(2-6-13)7-19-15(20)12-8-17-14(18-9-12)11-3-4-11/h1-2,5-6,8-9,11H,3-4,7H2,(H,19,20)(H2,16,21,22). The van der Waals surface area contributed by atoms with Gasteiger partial charge in [-0.05, 0) is 30.5 Å². The van der Waals surface area contributed by atoms with E-state index in [1.807, 2.05) is 0 Å². The van der Waals surface area contributed by atoms with E-state index in [-0.39, 0.29) is 17.3 Å². The lowest BCUT2D eigenvalue weighted by atomic mass is 10.2. The molecule has 2 aromatic rings. The van der Waals surface area contributed by atoms with E-state index in [1.54, 1.807) is 12.1 Å². The molecular weight excluding hydrogens is 316 g/mol. The van der Waals surface area contributed by atoms with Crippen LogP contribution in [-0.4, -0.2) is 24.3 Å². The predicted octanol–water partition coefficient (Wildman–Crippen LogP) is 0.931. The molecule has 1 aliphatic rings. The molecule has 1 aliphatic carbocycles. The number of rotatable bonds is 5. The van der Waals surface area contributed by atoms with Gasteiger partial charge in [0.05, 0.1) is 10.5 Å². The number of carbonyl (C=O) groups excluding carboxylic acids is 1. The van der Waals surface area contributed by atoms with Crippen molar-refractivity contribution in [3.05, 3.63) is 53.6 Å². The quantitative estimate of drug-likeness (QED) is 0.845. The third-order valence-corrected chi connectivity index (χ3v) is 4.51. The van der Waals surface area contributed by atoms with Crippen molar-refractivity contribution in [1.29, 1.82) is 0 Å². The van der Waals surface area contributed by atoms with Gasteiger partial charge >= 0.3 is 0 Å². The molecule has 0 unspecified atom stereocenters. The molecule has 1 saturated carbocycles. The van der Waals surface area contributed by atoms with E-state index in [4.69, 9.17) is 5.14 Å². The molecular formula is C15H16N4O3S. The van der Waals surface area contributed by atoms with Gasteiger partial charge in [-0.15, -0.1) is 0 Å². The number of benzene rings is 1. The summed E-state index contributed by atoms with van der Waals surface area (Å²) in [7, 11) is -3.70. The Balaban J connectivity index is 1.59. The topological polar surface area (TPSA) is 115 Å². The summed E-state index contributed by atoms with van der Waals surface area (Å²) >= 11 is 0. The number of nitrogens with two attached hydrogens (primary N) is 1. The monoisotopic (exact) mass is 332 g/mol. The highest BCUT2D eigenvalue weighted by molar-refractivity contribution is 7.89. The van der Waals surface area contributed by atoms with Gasteiger partial charge in [0.2, 0.25) is 10.0 Å². The molecule has 0 atom stereocenters. The summed E-state index contributed by atoms with van der Waals surface area (Å²) in [4.78, 5) is 20.5. The average molecular weight is 332 g/mol. The van der Waals surface area contributed by atoms with Crippen LogP contribution >= 0.6 is 0 Å². The number of primary sulfonamides is 1. The van der Waals surface area contributed by atoms with Crippen molar-refractivity contribution < 1.29 is 13.2 Å². The van der Waals surface area contributed by atoms with Crippen LogP contribution in [0.5, 0.6) is 0 Å². The minimum absolute atomic E-state index is 0.0386. The van der Waals surface area contributed by atoms with Gasteiger partial charge in [0.25, 0.3) is 5.91 Å². The van der Waals surface area contributed by atoms with Crippen molar-refractivity contribution in [2.45, 2.75) is 30.2 Å². The van der Waals surface area contributed by atoms with Gasteiger partial charge in [-0.2, -0.15) is 0 Å². The molecule has 1 aromatic carbocycles. The zero-order valence-electron chi connectivity index (χ0n) is 12.3. The first-order chi connectivity index (χ1) is 10.9. The third kappa shape index (κ3) is 3.91. The van der Waals surface area contributed by atoms with Crippen molar-refractivity contribution in [3.63, 3.8) is 0 Å². The molecule has 0 saturated heterocycles. The van der Waals surface area contributed by atoms with Crippen molar-refractivity contribution in [1.82, 2.24) is 15.3 Å². The minimum Gasteiger partial charge on any atom is -0.348 e. The highest BCUT2D eigenvalue weighted by atomic mass is 32.2. The highest BCUT2D eigenvalue weighted by Crippen LogP contribution is 2.37. The number of nitrogens with one attached hydrogen (secondary N) is 1. The van der Waals surface area contributed by atoms with Crippen molar-refractivity contribution in [2.75, 3.05) is 0 Å². The second-order valence-electron chi connectivity index (χ2n) is 5.48. The van der Waals surface area contributed by atoms with Crippen LogP contribution in [0.3, 0.4) is 0 Å². The fourth-order valence-electron chi connectivity index (χ4n) is 2.09. The zero-order chi connectivity index (χ0) is 16.4. The normalized spacial score (nSPS) is 14.5. The molecule has 8 heteroatoms. The number of sulfonamides is 1. The molecule has 7 nitrogen and oxygen atoms in total. The van der Waals surface area contributed by atoms with E-state index in [2.05, 4.69) is 15.3 Å². The van der Waals surface area contributed by atoms with E-state index in [0.717, 1.165) is 24.2 Å². The molecule has 0 aliphatic heterocycles. The minimum atomic E-state index is -3.70.